The Hall–Kier alpha value is -2.61. The number of amides is 2. The summed E-state index contributed by atoms with van der Waals surface area (Å²) < 4.78 is 26.6. The predicted molar refractivity (Wildman–Crippen MR) is 96.9 cm³/mol. The van der Waals surface area contributed by atoms with E-state index in [2.05, 4.69) is 16.4 Å². The number of pyridine rings is 1. The van der Waals surface area contributed by atoms with Crippen molar-refractivity contribution in [3.63, 3.8) is 0 Å². The number of anilines is 1. The molecule has 2 aliphatic carbocycles. The van der Waals surface area contributed by atoms with E-state index < -0.39 is 26.5 Å². The minimum absolute atomic E-state index is 0.487. The third kappa shape index (κ3) is 2.90. The van der Waals surface area contributed by atoms with Gasteiger partial charge in [-0.05, 0) is 72.9 Å². The predicted octanol–water partition coefficient (Wildman–Crippen LogP) is 1.86. The van der Waals surface area contributed by atoms with Gasteiger partial charge in [-0.15, -0.1) is 0 Å². The summed E-state index contributed by atoms with van der Waals surface area (Å²) in [6.07, 6.45) is 7.12. The van der Waals surface area contributed by atoms with Crippen molar-refractivity contribution in [3.05, 3.63) is 57.0 Å². The first-order valence-corrected chi connectivity index (χ1v) is 10.1. The van der Waals surface area contributed by atoms with Gasteiger partial charge in [-0.25, -0.2) is 17.9 Å². The molecule has 0 fully saturated rings. The molecule has 0 saturated carbocycles. The number of nitrogens with one attached hydrogen (secondary N) is 3. The third-order valence-corrected chi connectivity index (χ3v) is 6.36. The number of sulfonamides is 1. The lowest BCUT2D eigenvalue weighted by molar-refractivity contribution is 0.256. The maximum atomic E-state index is 12.4. The van der Waals surface area contributed by atoms with Gasteiger partial charge in [0.15, 0.2) is 4.90 Å². The van der Waals surface area contributed by atoms with Crippen LogP contribution in [0.5, 0.6) is 0 Å². The van der Waals surface area contributed by atoms with Crippen LogP contribution in [0, 0.1) is 0 Å². The van der Waals surface area contributed by atoms with Crippen LogP contribution in [0.2, 0.25) is 0 Å². The van der Waals surface area contributed by atoms with Gasteiger partial charge in [0.1, 0.15) is 0 Å². The lowest BCUT2D eigenvalue weighted by atomic mass is 9.99. The number of carbonyl (C=O) groups excluding carboxylic acids is 1. The topological polar surface area (TPSA) is 108 Å². The van der Waals surface area contributed by atoms with E-state index in [1.165, 1.54) is 23.4 Å². The van der Waals surface area contributed by atoms with Crippen molar-refractivity contribution in [2.75, 3.05) is 5.32 Å². The van der Waals surface area contributed by atoms with Gasteiger partial charge >= 0.3 is 6.03 Å². The highest BCUT2D eigenvalue weighted by Crippen LogP contribution is 2.38. The van der Waals surface area contributed by atoms with E-state index >= 15 is 0 Å². The van der Waals surface area contributed by atoms with Crippen LogP contribution in [0.4, 0.5) is 10.5 Å². The van der Waals surface area contributed by atoms with Crippen LogP contribution in [-0.2, 0) is 35.7 Å². The number of aromatic amines is 1. The number of hydrogen-bond donors (Lipinski definition) is 3. The Kier molecular flexibility index (Phi) is 4.07. The number of H-pyrrole nitrogens is 1. The van der Waals surface area contributed by atoms with E-state index in [0.717, 1.165) is 61.4 Å². The van der Waals surface area contributed by atoms with Crippen LogP contribution < -0.4 is 15.6 Å². The normalized spacial score (nSPS) is 15.4. The molecule has 0 unspecified atom stereocenters. The smallest absolute Gasteiger partial charge is 0.328 e. The fourth-order valence-corrected chi connectivity index (χ4v) is 4.87. The molecule has 0 aliphatic heterocycles. The van der Waals surface area contributed by atoms with E-state index in [9.17, 15) is 18.0 Å². The highest BCUT2D eigenvalue weighted by Gasteiger charge is 2.27. The Bertz CT molecular complexity index is 1020. The summed E-state index contributed by atoms with van der Waals surface area (Å²) in [5.41, 5.74) is 4.68. The second-order valence-electron chi connectivity index (χ2n) is 6.66. The molecular formula is C18H19N3O4S. The van der Waals surface area contributed by atoms with Crippen LogP contribution in [0.3, 0.4) is 0 Å². The number of aryl methyl sites for hydroxylation is 2. The Morgan fingerprint density at radius 3 is 2.31 bits per heavy atom. The van der Waals surface area contributed by atoms with Crippen molar-refractivity contribution in [2.45, 2.75) is 43.4 Å². The molecule has 0 radical (unpaired) electrons. The number of rotatable bonds is 3. The van der Waals surface area contributed by atoms with E-state index in [1.807, 2.05) is 4.72 Å². The van der Waals surface area contributed by atoms with Gasteiger partial charge in [-0.2, -0.15) is 0 Å². The fraction of sp³-hybridized carbons (Fsp3) is 0.333. The van der Waals surface area contributed by atoms with Crippen molar-refractivity contribution in [3.8, 4) is 0 Å². The van der Waals surface area contributed by atoms with Crippen LogP contribution in [0.15, 0.2) is 34.1 Å². The lowest BCUT2D eigenvalue weighted by Crippen LogP contribution is -2.37. The Morgan fingerprint density at radius 1 is 1.04 bits per heavy atom. The van der Waals surface area contributed by atoms with Crippen LogP contribution in [0.25, 0.3) is 0 Å². The minimum atomic E-state index is -4.24. The first kappa shape index (κ1) is 16.8. The number of aromatic nitrogens is 1. The summed E-state index contributed by atoms with van der Waals surface area (Å²) in [6.45, 7) is 0. The van der Waals surface area contributed by atoms with Gasteiger partial charge in [0, 0.05) is 11.9 Å². The quantitative estimate of drug-likeness (QED) is 0.763. The Balaban J connectivity index is 1.62. The zero-order valence-corrected chi connectivity index (χ0v) is 14.9. The van der Waals surface area contributed by atoms with Gasteiger partial charge in [-0.1, -0.05) is 6.07 Å². The van der Waals surface area contributed by atoms with E-state index in [4.69, 9.17) is 0 Å². The molecule has 8 heteroatoms. The zero-order valence-electron chi connectivity index (χ0n) is 14.1. The molecule has 2 aliphatic rings. The molecule has 0 atom stereocenters. The van der Waals surface area contributed by atoms with Gasteiger partial charge in [0.2, 0.25) is 0 Å². The van der Waals surface area contributed by atoms with Crippen molar-refractivity contribution in [2.24, 2.45) is 0 Å². The maximum Gasteiger partial charge on any atom is 0.333 e. The largest absolute Gasteiger partial charge is 0.333 e. The van der Waals surface area contributed by atoms with Crippen LogP contribution >= 0.6 is 0 Å². The molecule has 4 rings (SSSR count). The second kappa shape index (κ2) is 6.28. The summed E-state index contributed by atoms with van der Waals surface area (Å²) in [7, 11) is -4.24. The minimum Gasteiger partial charge on any atom is -0.328 e. The maximum absolute atomic E-state index is 12.4. The number of hydrogen-bond acceptors (Lipinski definition) is 4. The summed E-state index contributed by atoms with van der Waals surface area (Å²) >= 11 is 0. The monoisotopic (exact) mass is 373 g/mol. The lowest BCUT2D eigenvalue weighted by Gasteiger charge is -2.16. The molecule has 0 bridgehead atoms. The number of fused-ring (bicyclic) bond motifs is 2. The summed E-state index contributed by atoms with van der Waals surface area (Å²) in [5, 5.41) is 2.75. The summed E-state index contributed by atoms with van der Waals surface area (Å²) in [5.74, 6) is 0. The van der Waals surface area contributed by atoms with Gasteiger partial charge < -0.3 is 10.3 Å². The molecule has 2 aromatic rings. The molecule has 1 heterocycles. The highest BCUT2D eigenvalue weighted by atomic mass is 32.2. The molecule has 7 nitrogen and oxygen atoms in total. The van der Waals surface area contributed by atoms with Crippen molar-refractivity contribution in [1.29, 1.82) is 0 Å². The Morgan fingerprint density at radius 2 is 1.69 bits per heavy atom. The van der Waals surface area contributed by atoms with Gasteiger partial charge in [0.05, 0.1) is 0 Å². The standard InChI is InChI=1S/C18H19N3O4S/c22-17-15(8-3-9-19-17)26(24,25)21-18(23)20-16-13-6-1-4-11(13)10-12-5-2-7-14(12)16/h3,8-10H,1-2,4-7H2,(H,19,22)(H2,20,21,23). The van der Waals surface area contributed by atoms with Crippen LogP contribution in [-0.4, -0.2) is 19.4 Å². The second-order valence-corrected chi connectivity index (χ2v) is 8.31. The van der Waals surface area contributed by atoms with Crippen LogP contribution in [0.1, 0.15) is 35.1 Å². The average molecular weight is 373 g/mol. The molecular weight excluding hydrogens is 354 g/mol. The van der Waals surface area contributed by atoms with E-state index in [0.29, 0.717) is 0 Å². The zero-order chi connectivity index (χ0) is 18.3. The van der Waals surface area contributed by atoms with Gasteiger partial charge in [-0.3, -0.25) is 4.79 Å². The number of benzene rings is 1. The first-order valence-electron chi connectivity index (χ1n) is 8.64. The van der Waals surface area contributed by atoms with Crippen molar-refractivity contribution in [1.82, 2.24) is 9.71 Å². The first-order chi connectivity index (χ1) is 12.5. The molecule has 136 valence electrons. The molecule has 1 aromatic carbocycles. The average Bonchev–Trinajstić information content (AvgIpc) is 3.23. The molecule has 0 saturated heterocycles. The van der Waals surface area contributed by atoms with Crippen molar-refractivity contribution < 1.29 is 13.2 Å². The molecule has 1 aromatic heterocycles. The third-order valence-electron chi connectivity index (χ3n) is 5.01. The number of carbonyl (C=O) groups is 1. The molecule has 3 N–H and O–H groups in total. The van der Waals surface area contributed by atoms with Gasteiger partial charge in [0.25, 0.3) is 15.6 Å². The summed E-state index contributed by atoms with van der Waals surface area (Å²) in [4.78, 5) is 25.9. The summed E-state index contributed by atoms with van der Waals surface area (Å²) in [6, 6.07) is 3.94. The van der Waals surface area contributed by atoms with E-state index in [-0.39, 0.29) is 0 Å². The molecule has 2 amide bonds. The number of urea groups is 1. The Labute approximate surface area is 150 Å². The van der Waals surface area contributed by atoms with Crippen molar-refractivity contribution >= 4 is 21.7 Å². The fourth-order valence-electron chi connectivity index (χ4n) is 3.90. The molecule has 26 heavy (non-hydrogen) atoms. The van der Waals surface area contributed by atoms with E-state index in [1.54, 1.807) is 0 Å². The SMILES string of the molecule is O=C(Nc1c2c(cc3c1CCC3)CCC2)NS(=O)(=O)c1ccc[nH]c1=O. The molecule has 0 spiro atoms. The highest BCUT2D eigenvalue weighted by molar-refractivity contribution is 7.90.